The van der Waals surface area contributed by atoms with E-state index in [9.17, 15) is 13.6 Å². The lowest BCUT2D eigenvalue weighted by Crippen LogP contribution is -2.19. The number of halogens is 5. The third kappa shape index (κ3) is 3.98. The summed E-state index contributed by atoms with van der Waals surface area (Å²) in [5.41, 5.74) is -0.675. The van der Waals surface area contributed by atoms with Crippen LogP contribution in [0.15, 0.2) is 12.1 Å². The Morgan fingerprint density at radius 3 is 2.47 bits per heavy atom. The highest BCUT2D eigenvalue weighted by atomic mass is 35.6. The predicted octanol–water partition coefficient (Wildman–Crippen LogP) is 3.80. The third-order valence-corrected chi connectivity index (χ3v) is 2.18. The van der Waals surface area contributed by atoms with Gasteiger partial charge in [0.05, 0.1) is 0 Å². The molecular weight excluding hydrogens is 296 g/mol. The molecule has 0 N–H and O–H groups in total. The number of carbonyl (C=O) groups excluding carboxylic acids is 1. The fourth-order valence-electron chi connectivity index (χ4n) is 1.06. The topological polar surface area (TPSA) is 26.3 Å². The van der Waals surface area contributed by atoms with Gasteiger partial charge in [-0.2, -0.15) is 0 Å². The van der Waals surface area contributed by atoms with Crippen LogP contribution in [0.25, 0.3) is 0 Å². The summed E-state index contributed by atoms with van der Waals surface area (Å²) in [4.78, 5) is 11.4. The van der Waals surface area contributed by atoms with Crippen LogP contribution >= 0.6 is 34.8 Å². The first kappa shape index (κ1) is 14.5. The Morgan fingerprint density at radius 2 is 1.94 bits per heavy atom. The Hall–Kier alpha value is -0.580. The van der Waals surface area contributed by atoms with Crippen molar-refractivity contribution >= 4 is 40.8 Å². The van der Waals surface area contributed by atoms with Crippen molar-refractivity contribution in [3.8, 4) is 0 Å². The van der Waals surface area contributed by atoms with Crippen molar-refractivity contribution in [3.05, 3.63) is 34.9 Å². The molecule has 0 heterocycles. The Kier molecular flexibility index (Phi) is 4.58. The summed E-state index contributed by atoms with van der Waals surface area (Å²) < 4.78 is 29.4. The maximum absolute atomic E-state index is 13.5. The zero-order valence-corrected chi connectivity index (χ0v) is 10.8. The van der Waals surface area contributed by atoms with Gasteiger partial charge >= 0.3 is 5.97 Å². The van der Waals surface area contributed by atoms with E-state index in [4.69, 9.17) is 34.8 Å². The highest BCUT2D eigenvalue weighted by Gasteiger charge is 2.26. The molecule has 7 heteroatoms. The van der Waals surface area contributed by atoms with Crippen LogP contribution < -0.4 is 0 Å². The number of hydrogen-bond donors (Lipinski definition) is 0. The molecule has 94 valence electrons. The molecule has 2 nitrogen and oxygen atoms in total. The quantitative estimate of drug-likeness (QED) is 0.613. The molecule has 0 saturated heterocycles. The maximum atomic E-state index is 13.5. The standard InChI is InChI=1S/C10H7Cl3F2O2/c1-5-2-3-6(14)7(8(5)15)9(16)17-4-10(11,12)13/h2-3H,4H2,1H3. The lowest BCUT2D eigenvalue weighted by Gasteiger charge is -2.12. The van der Waals surface area contributed by atoms with Crippen molar-refractivity contribution in [2.45, 2.75) is 10.7 Å². The monoisotopic (exact) mass is 302 g/mol. The van der Waals surface area contributed by atoms with E-state index >= 15 is 0 Å². The molecule has 0 spiro atoms. The summed E-state index contributed by atoms with van der Waals surface area (Å²) in [6.45, 7) is 0.795. The van der Waals surface area contributed by atoms with Gasteiger partial charge in [-0.1, -0.05) is 40.9 Å². The Bertz CT molecular complexity index is 444. The van der Waals surface area contributed by atoms with Gasteiger partial charge in [-0.3, -0.25) is 0 Å². The number of benzene rings is 1. The number of rotatable bonds is 2. The van der Waals surface area contributed by atoms with E-state index in [0.29, 0.717) is 0 Å². The first-order chi connectivity index (χ1) is 7.72. The van der Waals surface area contributed by atoms with Gasteiger partial charge in [-0.05, 0) is 18.6 Å². The lowest BCUT2D eigenvalue weighted by atomic mass is 10.1. The number of esters is 1. The fourth-order valence-corrected chi connectivity index (χ4v) is 1.23. The minimum absolute atomic E-state index is 0.118. The van der Waals surface area contributed by atoms with Crippen LogP contribution in [0, 0.1) is 18.6 Å². The fraction of sp³-hybridized carbons (Fsp3) is 0.300. The van der Waals surface area contributed by atoms with Crippen LogP contribution in [0.5, 0.6) is 0 Å². The second-order valence-electron chi connectivity index (χ2n) is 3.24. The van der Waals surface area contributed by atoms with Crippen molar-refractivity contribution in [1.29, 1.82) is 0 Å². The number of carbonyl (C=O) groups is 1. The molecule has 0 aliphatic carbocycles. The molecule has 0 saturated carbocycles. The predicted molar refractivity (Wildman–Crippen MR) is 61.7 cm³/mol. The second kappa shape index (κ2) is 5.38. The molecule has 0 aliphatic heterocycles. The lowest BCUT2D eigenvalue weighted by molar-refractivity contribution is 0.0501. The molecule has 17 heavy (non-hydrogen) atoms. The molecule has 0 unspecified atom stereocenters. The highest BCUT2D eigenvalue weighted by Crippen LogP contribution is 2.27. The minimum Gasteiger partial charge on any atom is -0.457 e. The van der Waals surface area contributed by atoms with Crippen molar-refractivity contribution < 1.29 is 18.3 Å². The van der Waals surface area contributed by atoms with Gasteiger partial charge < -0.3 is 4.74 Å². The first-order valence-corrected chi connectivity index (χ1v) is 5.54. The molecule has 0 aliphatic rings. The zero-order chi connectivity index (χ0) is 13.2. The summed E-state index contributed by atoms with van der Waals surface area (Å²) in [6.07, 6.45) is 0. The van der Waals surface area contributed by atoms with E-state index in [-0.39, 0.29) is 5.56 Å². The maximum Gasteiger partial charge on any atom is 0.344 e. The second-order valence-corrected chi connectivity index (χ2v) is 5.76. The number of ether oxygens (including phenoxy) is 1. The van der Waals surface area contributed by atoms with Crippen molar-refractivity contribution in [2.75, 3.05) is 6.61 Å². The summed E-state index contributed by atoms with van der Waals surface area (Å²) in [7, 11) is 0. The number of alkyl halides is 3. The van der Waals surface area contributed by atoms with E-state index < -0.39 is 33.6 Å². The highest BCUT2D eigenvalue weighted by molar-refractivity contribution is 6.67. The molecule has 0 aromatic heterocycles. The van der Waals surface area contributed by atoms with Gasteiger partial charge in [0.2, 0.25) is 3.79 Å². The van der Waals surface area contributed by atoms with Gasteiger partial charge in [0, 0.05) is 0 Å². The average molecular weight is 304 g/mol. The number of aryl methyl sites for hydroxylation is 1. The summed E-state index contributed by atoms with van der Waals surface area (Å²) >= 11 is 16.0. The SMILES string of the molecule is Cc1ccc(F)c(C(=O)OCC(Cl)(Cl)Cl)c1F. The van der Waals surface area contributed by atoms with Gasteiger partial charge in [-0.25, -0.2) is 13.6 Å². The molecule has 0 radical (unpaired) electrons. The first-order valence-electron chi connectivity index (χ1n) is 4.41. The molecule has 0 bridgehead atoms. The summed E-state index contributed by atoms with van der Waals surface area (Å²) in [5, 5.41) is 0. The smallest absolute Gasteiger partial charge is 0.344 e. The van der Waals surface area contributed by atoms with Crippen LogP contribution in [0.1, 0.15) is 15.9 Å². The molecule has 1 rings (SSSR count). The van der Waals surface area contributed by atoms with Crippen LogP contribution in [0.2, 0.25) is 0 Å². The normalized spacial score (nSPS) is 11.4. The van der Waals surface area contributed by atoms with Crippen LogP contribution in [0.3, 0.4) is 0 Å². The Balaban J connectivity index is 2.93. The van der Waals surface area contributed by atoms with Gasteiger partial charge in [0.25, 0.3) is 0 Å². The molecule has 1 aromatic rings. The minimum atomic E-state index is -1.83. The molecule has 0 atom stereocenters. The van der Waals surface area contributed by atoms with E-state index in [2.05, 4.69) is 4.74 Å². The van der Waals surface area contributed by atoms with Crippen LogP contribution in [-0.2, 0) is 4.74 Å². The Morgan fingerprint density at radius 1 is 1.35 bits per heavy atom. The summed E-state index contributed by atoms with van der Waals surface area (Å²) in [5.74, 6) is -3.23. The van der Waals surface area contributed by atoms with Crippen LogP contribution in [0.4, 0.5) is 8.78 Å². The molecular formula is C10H7Cl3F2O2. The number of hydrogen-bond acceptors (Lipinski definition) is 2. The largest absolute Gasteiger partial charge is 0.457 e. The van der Waals surface area contributed by atoms with E-state index in [1.165, 1.54) is 13.0 Å². The Labute approximate surface area is 111 Å². The van der Waals surface area contributed by atoms with Crippen molar-refractivity contribution in [1.82, 2.24) is 0 Å². The van der Waals surface area contributed by atoms with Crippen LogP contribution in [-0.4, -0.2) is 16.4 Å². The van der Waals surface area contributed by atoms with E-state index in [0.717, 1.165) is 6.07 Å². The third-order valence-electron chi connectivity index (χ3n) is 1.86. The van der Waals surface area contributed by atoms with Crippen molar-refractivity contribution in [2.24, 2.45) is 0 Å². The van der Waals surface area contributed by atoms with Gasteiger partial charge in [0.1, 0.15) is 23.8 Å². The van der Waals surface area contributed by atoms with Gasteiger partial charge in [0.15, 0.2) is 0 Å². The van der Waals surface area contributed by atoms with Crippen molar-refractivity contribution in [3.63, 3.8) is 0 Å². The molecule has 0 amide bonds. The summed E-state index contributed by atoms with van der Waals surface area (Å²) in [6, 6.07) is 2.17. The van der Waals surface area contributed by atoms with E-state index in [1.807, 2.05) is 0 Å². The van der Waals surface area contributed by atoms with E-state index in [1.54, 1.807) is 0 Å². The molecule has 1 aromatic carbocycles. The van der Waals surface area contributed by atoms with Gasteiger partial charge in [-0.15, -0.1) is 0 Å². The molecule has 0 fully saturated rings. The average Bonchev–Trinajstić information content (AvgIpc) is 2.20. The zero-order valence-electron chi connectivity index (χ0n) is 8.57.